The van der Waals surface area contributed by atoms with Gasteiger partial charge in [-0.2, -0.15) is 23.4 Å². The number of amides is 1. The number of carbonyl (C=O) groups excluding carboxylic acids is 1. The zero-order valence-electron chi connectivity index (χ0n) is 17.1. The molecule has 0 fully saturated rings. The lowest BCUT2D eigenvalue weighted by atomic mass is 10.1. The molecule has 0 aliphatic carbocycles. The minimum atomic E-state index is -4.63. The van der Waals surface area contributed by atoms with Gasteiger partial charge in [0.1, 0.15) is 5.69 Å². The summed E-state index contributed by atoms with van der Waals surface area (Å²) in [7, 11) is 0. The highest BCUT2D eigenvalue weighted by Crippen LogP contribution is 2.34. The summed E-state index contributed by atoms with van der Waals surface area (Å²) in [6.07, 6.45) is -3.21. The molecular weight excluding hydrogens is 471 g/mol. The van der Waals surface area contributed by atoms with Crippen molar-refractivity contribution in [2.24, 2.45) is 5.10 Å². The predicted molar refractivity (Wildman–Crippen MR) is 117 cm³/mol. The number of halogens is 3. The molecule has 1 aliphatic heterocycles. The van der Waals surface area contributed by atoms with Crippen LogP contribution in [0.5, 0.6) is 11.5 Å². The first-order chi connectivity index (χ1) is 16.4. The van der Waals surface area contributed by atoms with Gasteiger partial charge in [0.2, 0.25) is 11.9 Å². The molecule has 0 radical (unpaired) electrons. The Hall–Kier alpha value is -4.19. The van der Waals surface area contributed by atoms with Crippen LogP contribution in [0.25, 0.3) is 16.4 Å². The number of carbonyl (C=O) groups is 1. The lowest BCUT2D eigenvalue weighted by molar-refractivity contribution is -0.141. The van der Waals surface area contributed by atoms with Gasteiger partial charge in [0.25, 0.3) is 5.91 Å². The van der Waals surface area contributed by atoms with Crippen molar-refractivity contribution in [3.8, 4) is 27.9 Å². The average molecular weight is 485 g/mol. The van der Waals surface area contributed by atoms with Crippen LogP contribution in [0.1, 0.15) is 21.7 Å². The second-order valence-electron chi connectivity index (χ2n) is 7.02. The van der Waals surface area contributed by atoms with Gasteiger partial charge in [-0.25, -0.2) is 15.1 Å². The molecule has 12 heteroatoms. The second-order valence-corrected chi connectivity index (χ2v) is 7.85. The van der Waals surface area contributed by atoms with Gasteiger partial charge < -0.3 is 9.47 Å². The summed E-state index contributed by atoms with van der Waals surface area (Å²) in [5.74, 6) is 0.577. The highest BCUT2D eigenvalue weighted by atomic mass is 32.1. The summed E-state index contributed by atoms with van der Waals surface area (Å²) >= 11 is 0.986. The molecule has 2 aromatic carbocycles. The number of ether oxygens (including phenoxy) is 2. The number of hydrazone groups is 1. The van der Waals surface area contributed by atoms with Crippen molar-refractivity contribution in [3.05, 3.63) is 76.9 Å². The van der Waals surface area contributed by atoms with E-state index in [1.807, 2.05) is 0 Å². The zero-order chi connectivity index (χ0) is 23.7. The molecule has 1 amide bonds. The molecule has 0 spiro atoms. The van der Waals surface area contributed by atoms with Crippen molar-refractivity contribution in [1.29, 1.82) is 0 Å². The molecule has 4 aromatic rings. The Morgan fingerprint density at radius 2 is 1.91 bits per heavy atom. The number of hydrogen-bond donors (Lipinski definition) is 1. The van der Waals surface area contributed by atoms with Gasteiger partial charge in [0.15, 0.2) is 17.2 Å². The van der Waals surface area contributed by atoms with Crippen molar-refractivity contribution in [3.63, 3.8) is 0 Å². The molecule has 1 aliphatic rings. The van der Waals surface area contributed by atoms with Crippen LogP contribution in [0, 0.1) is 0 Å². The number of fused-ring (bicyclic) bond motifs is 1. The van der Waals surface area contributed by atoms with Crippen LogP contribution < -0.4 is 14.9 Å². The Bertz CT molecular complexity index is 1380. The van der Waals surface area contributed by atoms with E-state index < -0.39 is 17.8 Å². The van der Waals surface area contributed by atoms with Gasteiger partial charge in [-0.15, -0.1) is 11.3 Å². The third-order valence-corrected chi connectivity index (χ3v) is 5.57. The zero-order valence-corrected chi connectivity index (χ0v) is 17.9. The summed E-state index contributed by atoms with van der Waals surface area (Å²) in [6.45, 7) is 0.144. The van der Waals surface area contributed by atoms with Crippen LogP contribution >= 0.6 is 11.3 Å². The number of hydrogen-bond acceptors (Lipinski definition) is 7. The van der Waals surface area contributed by atoms with E-state index in [0.29, 0.717) is 22.6 Å². The van der Waals surface area contributed by atoms with Crippen LogP contribution in [0.4, 0.5) is 13.2 Å². The topological polar surface area (TPSA) is 90.6 Å². The Morgan fingerprint density at radius 3 is 2.71 bits per heavy atom. The largest absolute Gasteiger partial charge is 0.454 e. The Kier molecular flexibility index (Phi) is 5.49. The highest BCUT2D eigenvalue weighted by molar-refractivity contribution is 7.12. The van der Waals surface area contributed by atoms with Crippen molar-refractivity contribution < 1.29 is 27.4 Å². The van der Waals surface area contributed by atoms with Crippen LogP contribution in [-0.4, -0.2) is 33.7 Å². The molecular formula is C22H14F3N5O3S. The minimum absolute atomic E-state index is 0.00842. The van der Waals surface area contributed by atoms with E-state index in [1.54, 1.807) is 48.5 Å². The van der Waals surface area contributed by atoms with Crippen molar-refractivity contribution in [1.82, 2.24) is 20.2 Å². The molecule has 0 atom stereocenters. The fourth-order valence-corrected chi connectivity index (χ4v) is 3.93. The average Bonchev–Trinajstić information content (AvgIpc) is 3.57. The van der Waals surface area contributed by atoms with Crippen LogP contribution in [0.2, 0.25) is 0 Å². The van der Waals surface area contributed by atoms with E-state index in [1.165, 1.54) is 11.6 Å². The molecule has 0 bridgehead atoms. The summed E-state index contributed by atoms with van der Waals surface area (Å²) in [4.78, 5) is 16.6. The maximum absolute atomic E-state index is 13.3. The molecule has 3 heterocycles. The molecule has 1 N–H and O–H groups in total. The highest BCUT2D eigenvalue weighted by Gasteiger charge is 2.35. The van der Waals surface area contributed by atoms with Gasteiger partial charge >= 0.3 is 6.18 Å². The normalized spacial score (nSPS) is 12.9. The van der Waals surface area contributed by atoms with Gasteiger partial charge in [-0.1, -0.05) is 30.3 Å². The van der Waals surface area contributed by atoms with E-state index in [2.05, 4.69) is 20.6 Å². The van der Waals surface area contributed by atoms with E-state index in [-0.39, 0.29) is 23.3 Å². The van der Waals surface area contributed by atoms with E-state index in [0.717, 1.165) is 22.1 Å². The lowest BCUT2D eigenvalue weighted by Crippen LogP contribution is -2.18. The van der Waals surface area contributed by atoms with Crippen molar-refractivity contribution in [2.75, 3.05) is 6.79 Å². The van der Waals surface area contributed by atoms with Crippen LogP contribution in [0.15, 0.2) is 65.1 Å². The monoisotopic (exact) mass is 485 g/mol. The van der Waals surface area contributed by atoms with E-state index in [4.69, 9.17) is 9.47 Å². The van der Waals surface area contributed by atoms with E-state index in [9.17, 15) is 18.0 Å². The van der Waals surface area contributed by atoms with Gasteiger partial charge in [0.05, 0.1) is 11.9 Å². The minimum Gasteiger partial charge on any atom is -0.454 e. The second kappa shape index (κ2) is 8.63. The number of alkyl halides is 3. The summed E-state index contributed by atoms with van der Waals surface area (Å²) < 4.78 is 51.5. The number of benzene rings is 2. The predicted octanol–water partition coefficient (Wildman–Crippen LogP) is 4.51. The number of aromatic nitrogens is 3. The fourth-order valence-electron chi connectivity index (χ4n) is 3.16. The maximum atomic E-state index is 13.3. The standard InChI is InChI=1S/C22H14F3N5O3S/c23-22(24,25)19-9-16(14-4-2-1-3-5-14)30(29-19)21-27-15(11-34-21)20(31)28-26-10-13-6-7-17-18(8-13)33-12-32-17/h1-11H,12H2,(H,28,31)/b26-10+. The number of nitrogens with one attached hydrogen (secondary N) is 1. The first kappa shape index (κ1) is 21.6. The summed E-state index contributed by atoms with van der Waals surface area (Å²) in [6, 6.07) is 14.6. The third kappa shape index (κ3) is 4.35. The number of nitrogens with zero attached hydrogens (tertiary/aromatic N) is 4. The molecule has 172 valence electrons. The van der Waals surface area contributed by atoms with Gasteiger partial charge in [0, 0.05) is 10.9 Å². The van der Waals surface area contributed by atoms with Crippen molar-refractivity contribution in [2.45, 2.75) is 6.18 Å². The molecule has 0 saturated carbocycles. The Balaban J connectivity index is 1.36. The molecule has 2 aromatic heterocycles. The first-order valence-electron chi connectivity index (χ1n) is 9.80. The third-order valence-electron chi connectivity index (χ3n) is 4.75. The molecule has 8 nitrogen and oxygen atoms in total. The first-order valence-corrected chi connectivity index (χ1v) is 10.7. The molecule has 0 saturated heterocycles. The molecule has 34 heavy (non-hydrogen) atoms. The molecule has 0 unspecified atom stereocenters. The van der Waals surface area contributed by atoms with E-state index >= 15 is 0 Å². The molecule has 5 rings (SSSR count). The van der Waals surface area contributed by atoms with Crippen LogP contribution in [0.3, 0.4) is 0 Å². The SMILES string of the molecule is O=C(N/N=C/c1ccc2c(c1)OCO2)c1csc(-n2nc(C(F)(F)F)cc2-c2ccccc2)n1. The number of thiazole rings is 1. The lowest BCUT2D eigenvalue weighted by Gasteiger charge is -2.03. The smallest absolute Gasteiger partial charge is 0.435 e. The van der Waals surface area contributed by atoms with Crippen LogP contribution in [-0.2, 0) is 6.18 Å². The number of rotatable bonds is 5. The fraction of sp³-hybridized carbons (Fsp3) is 0.0909. The maximum Gasteiger partial charge on any atom is 0.435 e. The summed E-state index contributed by atoms with van der Waals surface area (Å²) in [5, 5.41) is 9.12. The van der Waals surface area contributed by atoms with Gasteiger partial charge in [-0.3, -0.25) is 4.79 Å². The van der Waals surface area contributed by atoms with Crippen molar-refractivity contribution >= 4 is 23.5 Å². The Morgan fingerprint density at radius 1 is 1.12 bits per heavy atom. The summed E-state index contributed by atoms with van der Waals surface area (Å²) in [5.41, 5.74) is 2.69. The quantitative estimate of drug-likeness (QED) is 0.332. The Labute approximate surface area is 194 Å². The van der Waals surface area contributed by atoms with Gasteiger partial charge in [-0.05, 0) is 29.8 Å².